The van der Waals surface area contributed by atoms with Crippen LogP contribution >= 0.6 is 11.3 Å². The monoisotopic (exact) mass is 238 g/mol. The molecule has 0 saturated carbocycles. The van der Waals surface area contributed by atoms with E-state index < -0.39 is 4.92 Å². The highest BCUT2D eigenvalue weighted by molar-refractivity contribution is 7.09. The second-order valence-corrected chi connectivity index (χ2v) is 4.21. The lowest BCUT2D eigenvalue weighted by Gasteiger charge is -1.98. The van der Waals surface area contributed by atoms with Gasteiger partial charge in [-0.2, -0.15) is 0 Å². The number of hydrogen-bond acceptors (Lipinski definition) is 5. The van der Waals surface area contributed by atoms with E-state index in [2.05, 4.69) is 5.32 Å². The maximum Gasteiger partial charge on any atom is 0.433 e. The van der Waals surface area contributed by atoms with E-state index in [0.717, 1.165) is 6.54 Å². The molecule has 2 heterocycles. The summed E-state index contributed by atoms with van der Waals surface area (Å²) in [5.41, 5.74) is 0. The molecule has 0 aliphatic carbocycles. The molecule has 6 heteroatoms. The smallest absolute Gasteiger partial charge is 0.404 e. The Labute approximate surface area is 95.9 Å². The van der Waals surface area contributed by atoms with Gasteiger partial charge < -0.3 is 9.73 Å². The SMILES string of the molecule is O=[N+]([O-])c1ccc(CNCc2cccs2)o1. The first-order valence-corrected chi connectivity index (χ1v) is 5.60. The molecule has 84 valence electrons. The molecular weight excluding hydrogens is 228 g/mol. The van der Waals surface area contributed by atoms with Crippen molar-refractivity contribution in [2.45, 2.75) is 13.1 Å². The molecule has 0 aromatic carbocycles. The zero-order chi connectivity index (χ0) is 11.4. The number of nitro groups is 1. The Balaban J connectivity index is 1.83. The molecule has 0 saturated heterocycles. The van der Waals surface area contributed by atoms with Gasteiger partial charge in [0.1, 0.15) is 10.7 Å². The molecule has 0 bridgehead atoms. The van der Waals surface area contributed by atoms with Crippen molar-refractivity contribution in [3.8, 4) is 0 Å². The van der Waals surface area contributed by atoms with Gasteiger partial charge in [0, 0.05) is 11.4 Å². The van der Waals surface area contributed by atoms with Crippen molar-refractivity contribution >= 4 is 17.2 Å². The average molecular weight is 238 g/mol. The van der Waals surface area contributed by atoms with Crippen LogP contribution in [0.15, 0.2) is 34.1 Å². The Hall–Kier alpha value is -1.66. The number of nitrogens with one attached hydrogen (secondary N) is 1. The van der Waals surface area contributed by atoms with Crippen molar-refractivity contribution in [1.29, 1.82) is 0 Å². The van der Waals surface area contributed by atoms with Crippen LogP contribution < -0.4 is 5.32 Å². The molecule has 0 aliphatic rings. The molecule has 0 atom stereocenters. The van der Waals surface area contributed by atoms with Gasteiger partial charge in [0.25, 0.3) is 0 Å². The number of furan rings is 1. The van der Waals surface area contributed by atoms with E-state index in [1.165, 1.54) is 10.9 Å². The summed E-state index contributed by atoms with van der Waals surface area (Å²) in [6.45, 7) is 1.23. The Morgan fingerprint density at radius 3 is 2.88 bits per heavy atom. The number of thiophene rings is 1. The van der Waals surface area contributed by atoms with Crippen molar-refractivity contribution in [3.63, 3.8) is 0 Å². The van der Waals surface area contributed by atoms with E-state index >= 15 is 0 Å². The molecule has 1 N–H and O–H groups in total. The van der Waals surface area contributed by atoms with Crippen molar-refractivity contribution in [2.75, 3.05) is 0 Å². The Morgan fingerprint density at radius 2 is 2.25 bits per heavy atom. The van der Waals surface area contributed by atoms with Crippen molar-refractivity contribution < 1.29 is 9.34 Å². The van der Waals surface area contributed by atoms with Gasteiger partial charge in [-0.05, 0) is 17.5 Å². The first kappa shape index (κ1) is 10.8. The average Bonchev–Trinajstić information content (AvgIpc) is 2.87. The van der Waals surface area contributed by atoms with Gasteiger partial charge in [0.15, 0.2) is 0 Å². The standard InChI is InChI=1S/C10H10N2O3S/c13-12(14)10-4-3-8(15-10)6-11-7-9-2-1-5-16-9/h1-5,11H,6-7H2. The molecule has 0 spiro atoms. The summed E-state index contributed by atoms with van der Waals surface area (Å²) in [6.07, 6.45) is 0. The summed E-state index contributed by atoms with van der Waals surface area (Å²) in [6, 6.07) is 6.99. The first-order chi connectivity index (χ1) is 7.75. The Bertz CT molecular complexity index is 464. The van der Waals surface area contributed by atoms with Gasteiger partial charge in [0.05, 0.1) is 12.6 Å². The van der Waals surface area contributed by atoms with Crippen LogP contribution in [0.2, 0.25) is 0 Å². The summed E-state index contributed by atoms with van der Waals surface area (Å²) in [5, 5.41) is 15.5. The van der Waals surface area contributed by atoms with Crippen LogP contribution in [0.3, 0.4) is 0 Å². The van der Waals surface area contributed by atoms with Crippen LogP contribution in [0.1, 0.15) is 10.6 Å². The van der Waals surface area contributed by atoms with E-state index in [1.54, 1.807) is 17.4 Å². The molecule has 0 aliphatic heterocycles. The van der Waals surface area contributed by atoms with Gasteiger partial charge in [-0.3, -0.25) is 10.1 Å². The second-order valence-electron chi connectivity index (χ2n) is 3.18. The van der Waals surface area contributed by atoms with E-state index in [0.29, 0.717) is 12.3 Å². The molecule has 0 radical (unpaired) electrons. The highest BCUT2D eigenvalue weighted by atomic mass is 32.1. The number of hydrogen-bond donors (Lipinski definition) is 1. The van der Waals surface area contributed by atoms with E-state index in [9.17, 15) is 10.1 Å². The van der Waals surface area contributed by atoms with Crippen LogP contribution in [0, 0.1) is 10.1 Å². The van der Waals surface area contributed by atoms with E-state index in [1.807, 2.05) is 17.5 Å². The molecular formula is C10H10N2O3S. The predicted octanol–water partition coefficient (Wildman–Crippen LogP) is 2.54. The summed E-state index contributed by atoms with van der Waals surface area (Å²) in [4.78, 5) is 11.1. The van der Waals surface area contributed by atoms with E-state index in [4.69, 9.17) is 4.42 Å². The molecule has 2 aromatic heterocycles. The van der Waals surface area contributed by atoms with Crippen LogP contribution in [0.5, 0.6) is 0 Å². The highest BCUT2D eigenvalue weighted by Gasteiger charge is 2.10. The van der Waals surface area contributed by atoms with Gasteiger partial charge in [-0.25, -0.2) is 0 Å². The second kappa shape index (κ2) is 4.91. The minimum atomic E-state index is -0.539. The van der Waals surface area contributed by atoms with Gasteiger partial charge in [-0.1, -0.05) is 6.07 Å². The number of rotatable bonds is 5. The largest absolute Gasteiger partial charge is 0.433 e. The van der Waals surface area contributed by atoms with Crippen molar-refractivity contribution in [3.05, 3.63) is 50.4 Å². The molecule has 0 fully saturated rings. The predicted molar refractivity (Wildman–Crippen MR) is 60.2 cm³/mol. The molecule has 5 nitrogen and oxygen atoms in total. The minimum absolute atomic E-state index is 0.215. The summed E-state index contributed by atoms with van der Waals surface area (Å²) in [7, 11) is 0. The maximum atomic E-state index is 10.4. The van der Waals surface area contributed by atoms with Gasteiger partial charge in [-0.15, -0.1) is 11.3 Å². The van der Waals surface area contributed by atoms with Gasteiger partial charge >= 0.3 is 5.88 Å². The molecule has 2 aromatic rings. The lowest BCUT2D eigenvalue weighted by molar-refractivity contribution is -0.402. The summed E-state index contributed by atoms with van der Waals surface area (Å²) < 4.78 is 5.01. The maximum absolute atomic E-state index is 10.4. The van der Waals surface area contributed by atoms with Crippen LogP contribution in [-0.2, 0) is 13.1 Å². The number of nitrogens with zero attached hydrogens (tertiary/aromatic N) is 1. The normalized spacial score (nSPS) is 10.5. The minimum Gasteiger partial charge on any atom is -0.404 e. The molecule has 2 rings (SSSR count). The Kier molecular flexibility index (Phi) is 3.33. The lowest BCUT2D eigenvalue weighted by atomic mass is 10.4. The summed E-state index contributed by atoms with van der Waals surface area (Å²) in [5.74, 6) is 0.358. The zero-order valence-corrected chi connectivity index (χ0v) is 9.20. The third kappa shape index (κ3) is 2.68. The molecule has 0 unspecified atom stereocenters. The van der Waals surface area contributed by atoms with Crippen molar-refractivity contribution in [1.82, 2.24) is 5.32 Å². The fourth-order valence-electron chi connectivity index (χ4n) is 1.28. The summed E-state index contributed by atoms with van der Waals surface area (Å²) >= 11 is 1.67. The van der Waals surface area contributed by atoms with E-state index in [-0.39, 0.29) is 5.88 Å². The first-order valence-electron chi connectivity index (χ1n) is 4.72. The fourth-order valence-corrected chi connectivity index (χ4v) is 1.96. The molecule has 0 amide bonds. The zero-order valence-electron chi connectivity index (χ0n) is 8.38. The van der Waals surface area contributed by atoms with Crippen LogP contribution in [0.25, 0.3) is 0 Å². The molecule has 16 heavy (non-hydrogen) atoms. The van der Waals surface area contributed by atoms with Crippen LogP contribution in [0.4, 0.5) is 5.88 Å². The van der Waals surface area contributed by atoms with Crippen LogP contribution in [-0.4, -0.2) is 4.92 Å². The van der Waals surface area contributed by atoms with Gasteiger partial charge in [0.2, 0.25) is 0 Å². The quantitative estimate of drug-likeness (QED) is 0.642. The van der Waals surface area contributed by atoms with Crippen molar-refractivity contribution in [2.24, 2.45) is 0 Å². The fraction of sp³-hybridized carbons (Fsp3) is 0.200. The Morgan fingerprint density at radius 1 is 1.38 bits per heavy atom. The lowest BCUT2D eigenvalue weighted by Crippen LogP contribution is -2.10. The highest BCUT2D eigenvalue weighted by Crippen LogP contribution is 2.15. The third-order valence-electron chi connectivity index (χ3n) is 2.01. The third-order valence-corrected chi connectivity index (χ3v) is 2.88. The topological polar surface area (TPSA) is 68.3 Å².